The van der Waals surface area contributed by atoms with Crippen LogP contribution >= 0.6 is 0 Å². The van der Waals surface area contributed by atoms with Crippen molar-refractivity contribution in [3.05, 3.63) is 12.7 Å². The maximum Gasteiger partial charge on any atom is 0.124 e. The maximum atomic E-state index is 14.5. The molecule has 0 radical (unpaired) electrons. The summed E-state index contributed by atoms with van der Waals surface area (Å²) >= 11 is 0. The fraction of sp³-hybridized carbons (Fsp3) is 0.875. The van der Waals surface area contributed by atoms with Crippen LogP contribution in [0.25, 0.3) is 0 Å². The predicted octanol–water partition coefficient (Wildman–Crippen LogP) is 1.76. The van der Waals surface area contributed by atoms with Gasteiger partial charge in [0.05, 0.1) is 18.3 Å². The van der Waals surface area contributed by atoms with Crippen molar-refractivity contribution in [2.24, 2.45) is 0 Å². The third-order valence-corrected chi connectivity index (χ3v) is 4.38. The van der Waals surface area contributed by atoms with Crippen molar-refractivity contribution in [1.82, 2.24) is 10.2 Å². The molecule has 2 aliphatic heterocycles. The smallest absolute Gasteiger partial charge is 0.124 e. The Morgan fingerprint density at radius 2 is 2.24 bits per heavy atom. The molecule has 1 spiro atoms. The Kier molecular flexibility index (Phi) is 5.77. The number of nitrogens with one attached hydrogen (secondary N) is 1. The van der Waals surface area contributed by atoms with Crippen LogP contribution < -0.4 is 5.32 Å². The van der Waals surface area contributed by atoms with Crippen molar-refractivity contribution in [1.29, 1.82) is 0 Å². The van der Waals surface area contributed by atoms with Gasteiger partial charge in [0.15, 0.2) is 0 Å². The van der Waals surface area contributed by atoms with Gasteiger partial charge in [-0.2, -0.15) is 0 Å². The van der Waals surface area contributed by atoms with Crippen LogP contribution in [0.1, 0.15) is 26.2 Å². The molecule has 0 aromatic heterocycles. The van der Waals surface area contributed by atoms with E-state index in [4.69, 9.17) is 9.47 Å². The van der Waals surface area contributed by atoms with Crippen molar-refractivity contribution in [3.63, 3.8) is 0 Å². The number of halogens is 1. The molecule has 21 heavy (non-hydrogen) atoms. The molecule has 5 heteroatoms. The topological polar surface area (TPSA) is 33.7 Å². The summed E-state index contributed by atoms with van der Waals surface area (Å²) in [6.07, 6.45) is 4.03. The molecule has 4 nitrogen and oxygen atoms in total. The van der Waals surface area contributed by atoms with E-state index >= 15 is 0 Å². The molecule has 122 valence electrons. The Morgan fingerprint density at radius 1 is 1.52 bits per heavy atom. The van der Waals surface area contributed by atoms with E-state index in [1.54, 1.807) is 20.1 Å². The fourth-order valence-electron chi connectivity index (χ4n) is 3.57. The van der Waals surface area contributed by atoms with Crippen LogP contribution in [-0.2, 0) is 9.47 Å². The number of alkyl halides is 1. The van der Waals surface area contributed by atoms with Crippen molar-refractivity contribution >= 4 is 0 Å². The zero-order valence-corrected chi connectivity index (χ0v) is 13.4. The summed E-state index contributed by atoms with van der Waals surface area (Å²) < 4.78 is 26.1. The summed E-state index contributed by atoms with van der Waals surface area (Å²) in [7, 11) is 1.69. The number of hydrogen-bond donors (Lipinski definition) is 1. The lowest BCUT2D eigenvalue weighted by Gasteiger charge is -2.49. The molecule has 0 aromatic carbocycles. The van der Waals surface area contributed by atoms with E-state index < -0.39 is 5.67 Å². The quantitative estimate of drug-likeness (QED) is 0.758. The largest absolute Gasteiger partial charge is 0.382 e. The van der Waals surface area contributed by atoms with E-state index in [1.807, 2.05) is 0 Å². The van der Waals surface area contributed by atoms with Gasteiger partial charge >= 0.3 is 0 Å². The van der Waals surface area contributed by atoms with Crippen LogP contribution in [0.4, 0.5) is 4.39 Å². The van der Waals surface area contributed by atoms with Crippen molar-refractivity contribution in [2.45, 2.75) is 43.6 Å². The first-order valence-corrected chi connectivity index (χ1v) is 7.88. The Labute approximate surface area is 127 Å². The Hall–Kier alpha value is -0.490. The molecule has 0 amide bonds. The van der Waals surface area contributed by atoms with Gasteiger partial charge in [-0.3, -0.25) is 4.90 Å². The summed E-state index contributed by atoms with van der Waals surface area (Å²) in [4.78, 5) is 2.21. The predicted molar refractivity (Wildman–Crippen MR) is 82.4 cm³/mol. The fourth-order valence-corrected chi connectivity index (χ4v) is 3.57. The lowest BCUT2D eigenvalue weighted by atomic mass is 9.88. The molecular formula is C16H29FN2O2. The third kappa shape index (κ3) is 4.74. The molecule has 2 saturated heterocycles. The number of ether oxygens (including phenoxy) is 2. The van der Waals surface area contributed by atoms with E-state index in [0.29, 0.717) is 19.6 Å². The highest BCUT2D eigenvalue weighted by atomic mass is 19.1. The van der Waals surface area contributed by atoms with Crippen LogP contribution in [0.2, 0.25) is 0 Å². The standard InChI is InChI=1S/C16H29FN2O2/c1-4-5-15(2,17)12-19-10-14(11-20-3)21-16(13-19)6-8-18-9-7-16/h4,14,18H,1,5-13H2,2-3H3. The van der Waals surface area contributed by atoms with E-state index in [0.717, 1.165) is 39.0 Å². The van der Waals surface area contributed by atoms with Gasteiger partial charge in [-0.05, 0) is 32.9 Å². The Morgan fingerprint density at radius 3 is 2.86 bits per heavy atom. The first kappa shape index (κ1) is 16.9. The zero-order valence-electron chi connectivity index (χ0n) is 13.4. The van der Waals surface area contributed by atoms with Gasteiger partial charge in [0.2, 0.25) is 0 Å². The summed E-state index contributed by atoms with van der Waals surface area (Å²) in [6, 6.07) is 0. The molecule has 0 saturated carbocycles. The van der Waals surface area contributed by atoms with Crippen LogP contribution in [0.5, 0.6) is 0 Å². The number of allylic oxidation sites excluding steroid dienone is 1. The summed E-state index contributed by atoms with van der Waals surface area (Å²) in [5.74, 6) is 0. The molecule has 0 aliphatic carbocycles. The molecule has 2 fully saturated rings. The molecule has 2 rings (SSSR count). The van der Waals surface area contributed by atoms with Gasteiger partial charge in [-0.25, -0.2) is 4.39 Å². The highest BCUT2D eigenvalue weighted by Gasteiger charge is 2.43. The lowest BCUT2D eigenvalue weighted by Crippen LogP contribution is -2.61. The molecule has 2 aliphatic rings. The molecule has 0 aromatic rings. The molecule has 1 N–H and O–H groups in total. The van der Waals surface area contributed by atoms with E-state index in [1.165, 1.54) is 0 Å². The van der Waals surface area contributed by atoms with E-state index in [-0.39, 0.29) is 11.7 Å². The first-order valence-electron chi connectivity index (χ1n) is 7.88. The van der Waals surface area contributed by atoms with Crippen molar-refractivity contribution in [2.75, 3.05) is 46.4 Å². The second-order valence-electron chi connectivity index (χ2n) is 6.70. The number of methoxy groups -OCH3 is 1. The second kappa shape index (κ2) is 7.18. The normalized spacial score (nSPS) is 29.2. The summed E-state index contributed by atoms with van der Waals surface area (Å²) in [6.45, 7) is 9.78. The molecule has 2 heterocycles. The van der Waals surface area contributed by atoms with Crippen LogP contribution in [-0.4, -0.2) is 68.7 Å². The highest BCUT2D eigenvalue weighted by molar-refractivity contribution is 4.96. The van der Waals surface area contributed by atoms with E-state index in [2.05, 4.69) is 16.8 Å². The zero-order chi connectivity index (χ0) is 15.3. The minimum atomic E-state index is -1.23. The van der Waals surface area contributed by atoms with Crippen molar-refractivity contribution in [3.8, 4) is 0 Å². The average molecular weight is 300 g/mol. The number of hydrogen-bond acceptors (Lipinski definition) is 4. The molecule has 2 atom stereocenters. The van der Waals surface area contributed by atoms with Crippen LogP contribution in [0.15, 0.2) is 12.7 Å². The molecular weight excluding hydrogens is 271 g/mol. The van der Waals surface area contributed by atoms with Crippen LogP contribution in [0, 0.1) is 0 Å². The van der Waals surface area contributed by atoms with E-state index in [9.17, 15) is 4.39 Å². The third-order valence-electron chi connectivity index (χ3n) is 4.38. The maximum absolute atomic E-state index is 14.5. The Bertz CT molecular complexity index is 343. The number of nitrogens with zero attached hydrogens (tertiary/aromatic N) is 1. The second-order valence-corrected chi connectivity index (χ2v) is 6.70. The number of morpholine rings is 1. The van der Waals surface area contributed by atoms with Gasteiger partial charge < -0.3 is 14.8 Å². The summed E-state index contributed by atoms with van der Waals surface area (Å²) in [5, 5.41) is 3.37. The SMILES string of the molecule is C=CCC(C)(F)CN1CC(COC)OC2(CCNCC2)C1. The lowest BCUT2D eigenvalue weighted by molar-refractivity contribution is -0.183. The number of rotatable bonds is 6. The van der Waals surface area contributed by atoms with Gasteiger partial charge in [0.1, 0.15) is 5.67 Å². The highest BCUT2D eigenvalue weighted by Crippen LogP contribution is 2.32. The minimum absolute atomic E-state index is 0.0291. The van der Waals surface area contributed by atoms with Gasteiger partial charge in [0.25, 0.3) is 0 Å². The first-order chi connectivity index (χ1) is 9.99. The van der Waals surface area contributed by atoms with Crippen molar-refractivity contribution < 1.29 is 13.9 Å². The number of piperidine rings is 1. The minimum Gasteiger partial charge on any atom is -0.382 e. The Balaban J connectivity index is 2.04. The monoisotopic (exact) mass is 300 g/mol. The average Bonchev–Trinajstić information content (AvgIpc) is 2.38. The van der Waals surface area contributed by atoms with Gasteiger partial charge in [-0.15, -0.1) is 6.58 Å². The molecule has 0 bridgehead atoms. The van der Waals surface area contributed by atoms with Gasteiger partial charge in [-0.1, -0.05) is 6.08 Å². The summed E-state index contributed by atoms with van der Waals surface area (Å²) in [5.41, 5.74) is -1.37. The van der Waals surface area contributed by atoms with Crippen LogP contribution in [0.3, 0.4) is 0 Å². The van der Waals surface area contributed by atoms with Gasteiger partial charge in [0, 0.05) is 33.2 Å². The molecule has 2 unspecified atom stereocenters.